The highest BCUT2D eigenvalue weighted by Gasteiger charge is 2.42. The topological polar surface area (TPSA) is 68.2 Å². The highest BCUT2D eigenvalue weighted by Crippen LogP contribution is 2.45. The van der Waals surface area contributed by atoms with Gasteiger partial charge in [-0.3, -0.25) is 4.79 Å². The number of methoxy groups -OCH3 is 1. The minimum absolute atomic E-state index is 0.142. The van der Waals surface area contributed by atoms with Crippen LogP contribution in [-0.4, -0.2) is 29.8 Å². The molecule has 0 aliphatic carbocycles. The summed E-state index contributed by atoms with van der Waals surface area (Å²) < 4.78 is 30.9. The van der Waals surface area contributed by atoms with E-state index in [0.29, 0.717) is 33.9 Å². The number of carbonyl (C=O) groups is 1. The number of ether oxygens (including phenoxy) is 3. The van der Waals surface area contributed by atoms with Gasteiger partial charge in [0.25, 0.3) is 5.91 Å². The number of hydrogen-bond acceptors (Lipinski definition) is 5. The van der Waals surface area contributed by atoms with E-state index in [4.69, 9.17) is 14.2 Å². The summed E-state index contributed by atoms with van der Waals surface area (Å²) >= 11 is 0. The number of benzene rings is 3. The molecule has 0 spiro atoms. The molecular weight excluding hydrogens is 413 g/mol. The summed E-state index contributed by atoms with van der Waals surface area (Å²) in [5, 5.41) is 10.9. The van der Waals surface area contributed by atoms with Crippen molar-refractivity contribution in [1.29, 1.82) is 0 Å². The zero-order valence-electron chi connectivity index (χ0n) is 17.2. The van der Waals surface area contributed by atoms with Gasteiger partial charge < -0.3 is 24.2 Å². The van der Waals surface area contributed by atoms with E-state index in [0.717, 1.165) is 5.56 Å². The second-order valence-corrected chi connectivity index (χ2v) is 7.54. The van der Waals surface area contributed by atoms with E-state index < -0.39 is 23.5 Å². The fourth-order valence-electron chi connectivity index (χ4n) is 4.14. The number of rotatable bonds is 5. The van der Waals surface area contributed by atoms with Gasteiger partial charge >= 0.3 is 0 Å². The quantitative estimate of drug-likeness (QED) is 0.636. The van der Waals surface area contributed by atoms with Crippen molar-refractivity contribution < 1.29 is 28.5 Å². The summed E-state index contributed by atoms with van der Waals surface area (Å²) in [4.78, 5) is 14.6. The van der Waals surface area contributed by atoms with Crippen LogP contribution in [0.5, 0.6) is 17.2 Å². The number of hydrogen-bond donors (Lipinski definition) is 1. The lowest BCUT2D eigenvalue weighted by atomic mass is 9.93. The van der Waals surface area contributed by atoms with E-state index in [1.807, 2.05) is 6.07 Å². The standard InChI is InChI=1S/C25H20FNO5/c1-30-17-9-7-16(8-10-17)22-23(18-4-2-3-5-19(18)26)27(25(29)24(22)28)13-15-6-11-20-21(12-15)32-14-31-20/h2-12,23,28H,13-14H2,1H3/t23-/m1/s1. The first-order valence-corrected chi connectivity index (χ1v) is 10.1. The number of carbonyl (C=O) groups excluding carboxylic acids is 1. The molecular formula is C25H20FNO5. The van der Waals surface area contributed by atoms with Gasteiger partial charge in [-0.25, -0.2) is 4.39 Å². The monoisotopic (exact) mass is 433 g/mol. The molecule has 0 saturated carbocycles. The maximum atomic E-state index is 14.9. The van der Waals surface area contributed by atoms with Gasteiger partial charge in [0.05, 0.1) is 13.2 Å². The number of amides is 1. The molecule has 2 aliphatic heterocycles. The Balaban J connectivity index is 1.58. The average Bonchev–Trinajstić information content (AvgIpc) is 3.37. The van der Waals surface area contributed by atoms with Crippen LogP contribution in [0.2, 0.25) is 0 Å². The molecule has 2 aliphatic rings. The normalized spacial score (nSPS) is 17.2. The lowest BCUT2D eigenvalue weighted by Gasteiger charge is -2.28. The molecule has 1 N–H and O–H groups in total. The van der Waals surface area contributed by atoms with E-state index in [1.54, 1.807) is 61.7 Å². The van der Waals surface area contributed by atoms with E-state index in [2.05, 4.69) is 0 Å². The molecule has 0 unspecified atom stereocenters. The SMILES string of the molecule is COc1ccc(C2=C(O)C(=O)N(Cc3ccc4c(c3)OCO4)[C@@H]2c2ccccc2F)cc1. The van der Waals surface area contributed by atoms with E-state index in [1.165, 1.54) is 11.0 Å². The second kappa shape index (κ2) is 7.92. The Morgan fingerprint density at radius 3 is 2.56 bits per heavy atom. The lowest BCUT2D eigenvalue weighted by molar-refractivity contribution is -0.130. The van der Waals surface area contributed by atoms with Crippen molar-refractivity contribution in [2.24, 2.45) is 0 Å². The van der Waals surface area contributed by atoms with Crippen LogP contribution in [0.25, 0.3) is 5.57 Å². The van der Waals surface area contributed by atoms with Crippen molar-refractivity contribution in [3.63, 3.8) is 0 Å². The third-order valence-electron chi connectivity index (χ3n) is 5.69. The molecule has 1 atom stereocenters. The second-order valence-electron chi connectivity index (χ2n) is 7.54. The van der Waals surface area contributed by atoms with E-state index in [-0.39, 0.29) is 13.3 Å². The van der Waals surface area contributed by atoms with Gasteiger partial charge in [-0.1, -0.05) is 36.4 Å². The molecule has 6 nitrogen and oxygen atoms in total. The maximum Gasteiger partial charge on any atom is 0.290 e. The Morgan fingerprint density at radius 1 is 1.06 bits per heavy atom. The Morgan fingerprint density at radius 2 is 1.81 bits per heavy atom. The van der Waals surface area contributed by atoms with Gasteiger partial charge in [0.15, 0.2) is 17.3 Å². The number of aliphatic hydroxyl groups is 1. The van der Waals surface area contributed by atoms with Crippen molar-refractivity contribution in [3.8, 4) is 17.2 Å². The molecule has 0 fully saturated rings. The Kier molecular flexibility index (Phi) is 4.93. The van der Waals surface area contributed by atoms with Gasteiger partial charge in [0.1, 0.15) is 11.6 Å². The largest absolute Gasteiger partial charge is 0.503 e. The van der Waals surface area contributed by atoms with Crippen molar-refractivity contribution in [1.82, 2.24) is 4.90 Å². The Bertz CT molecular complexity index is 1220. The zero-order valence-corrected chi connectivity index (χ0v) is 17.2. The van der Waals surface area contributed by atoms with Crippen LogP contribution in [0, 0.1) is 5.82 Å². The summed E-state index contributed by atoms with van der Waals surface area (Å²) in [6.45, 7) is 0.293. The first-order valence-electron chi connectivity index (χ1n) is 10.1. The highest BCUT2D eigenvalue weighted by molar-refractivity contribution is 6.05. The van der Waals surface area contributed by atoms with Gasteiger partial charge in [0, 0.05) is 17.7 Å². The van der Waals surface area contributed by atoms with Gasteiger partial charge in [-0.05, 0) is 41.5 Å². The van der Waals surface area contributed by atoms with Crippen molar-refractivity contribution in [2.75, 3.05) is 13.9 Å². The molecule has 7 heteroatoms. The first kappa shape index (κ1) is 19.9. The van der Waals surface area contributed by atoms with Crippen LogP contribution >= 0.6 is 0 Å². The van der Waals surface area contributed by atoms with Crippen molar-refractivity contribution in [2.45, 2.75) is 12.6 Å². The maximum absolute atomic E-state index is 14.9. The van der Waals surface area contributed by atoms with Crippen molar-refractivity contribution >= 4 is 11.5 Å². The molecule has 0 saturated heterocycles. The van der Waals surface area contributed by atoms with Crippen LogP contribution < -0.4 is 14.2 Å². The molecule has 32 heavy (non-hydrogen) atoms. The molecule has 0 aromatic heterocycles. The van der Waals surface area contributed by atoms with Crippen LogP contribution in [0.3, 0.4) is 0 Å². The third-order valence-corrected chi connectivity index (χ3v) is 5.69. The highest BCUT2D eigenvalue weighted by atomic mass is 19.1. The van der Waals surface area contributed by atoms with Crippen LogP contribution in [0.4, 0.5) is 4.39 Å². The van der Waals surface area contributed by atoms with Gasteiger partial charge in [-0.15, -0.1) is 0 Å². The molecule has 0 radical (unpaired) electrons. The molecule has 3 aromatic carbocycles. The van der Waals surface area contributed by atoms with E-state index in [9.17, 15) is 14.3 Å². The number of fused-ring (bicyclic) bond motifs is 1. The lowest BCUT2D eigenvalue weighted by Crippen LogP contribution is -2.30. The minimum Gasteiger partial charge on any atom is -0.503 e. The number of nitrogens with zero attached hydrogens (tertiary/aromatic N) is 1. The number of halogens is 1. The molecule has 0 bridgehead atoms. The van der Waals surface area contributed by atoms with Crippen LogP contribution in [0.1, 0.15) is 22.7 Å². The van der Waals surface area contributed by atoms with E-state index >= 15 is 0 Å². The Hall–Kier alpha value is -4.00. The van der Waals surface area contributed by atoms with Crippen LogP contribution in [-0.2, 0) is 11.3 Å². The molecule has 1 amide bonds. The fraction of sp³-hybridized carbons (Fsp3) is 0.160. The molecule has 162 valence electrons. The fourth-order valence-corrected chi connectivity index (χ4v) is 4.14. The zero-order chi connectivity index (χ0) is 22.2. The molecule has 3 aromatic rings. The predicted octanol–water partition coefficient (Wildman–Crippen LogP) is 4.62. The van der Waals surface area contributed by atoms with Gasteiger partial charge in [0.2, 0.25) is 6.79 Å². The third kappa shape index (κ3) is 3.32. The summed E-state index contributed by atoms with van der Waals surface area (Å²) in [7, 11) is 1.56. The Labute approximate surface area is 184 Å². The molecule has 5 rings (SSSR count). The summed E-state index contributed by atoms with van der Waals surface area (Å²) in [6.07, 6.45) is 0. The predicted molar refractivity (Wildman–Crippen MR) is 115 cm³/mol. The average molecular weight is 433 g/mol. The summed E-state index contributed by atoms with van der Waals surface area (Å²) in [6, 6.07) is 17.8. The van der Waals surface area contributed by atoms with Gasteiger partial charge in [-0.2, -0.15) is 0 Å². The minimum atomic E-state index is -0.803. The van der Waals surface area contributed by atoms with Crippen LogP contribution in [0.15, 0.2) is 72.5 Å². The smallest absolute Gasteiger partial charge is 0.290 e. The van der Waals surface area contributed by atoms with Crippen molar-refractivity contribution in [3.05, 3.63) is 95.0 Å². The summed E-state index contributed by atoms with van der Waals surface area (Å²) in [5.74, 6) is 0.432. The summed E-state index contributed by atoms with van der Waals surface area (Å²) in [5.41, 5.74) is 2.03. The first-order chi connectivity index (χ1) is 15.6. The molecule has 2 heterocycles. The number of aliphatic hydroxyl groups excluding tert-OH is 1.